The lowest BCUT2D eigenvalue weighted by Crippen LogP contribution is -2.28. The zero-order chi connectivity index (χ0) is 20.3. The predicted molar refractivity (Wildman–Crippen MR) is 104 cm³/mol. The largest absolute Gasteiger partial charge is 0.481 e. The molecule has 0 radical (unpaired) electrons. The van der Waals surface area contributed by atoms with E-state index in [1.807, 2.05) is 0 Å². The number of carbonyl (C=O) groups is 2. The molecule has 0 fully saturated rings. The Hall–Kier alpha value is -3.55. The van der Waals surface area contributed by atoms with E-state index in [2.05, 4.69) is 20.2 Å². The van der Waals surface area contributed by atoms with Gasteiger partial charge < -0.3 is 5.11 Å². The zero-order valence-corrected chi connectivity index (χ0v) is 15.9. The third-order valence-electron chi connectivity index (χ3n) is 4.46. The van der Waals surface area contributed by atoms with Gasteiger partial charge in [0, 0.05) is 30.6 Å². The van der Waals surface area contributed by atoms with Gasteiger partial charge in [-0.05, 0) is 50.1 Å². The van der Waals surface area contributed by atoms with Crippen molar-refractivity contribution in [3.05, 3.63) is 59.9 Å². The average Bonchev–Trinajstić information content (AvgIpc) is 3.18. The number of hydrogen-bond acceptors (Lipinski definition) is 5. The fourth-order valence-electron chi connectivity index (χ4n) is 2.68. The van der Waals surface area contributed by atoms with E-state index >= 15 is 0 Å². The van der Waals surface area contributed by atoms with Crippen LogP contribution in [0.3, 0.4) is 0 Å². The van der Waals surface area contributed by atoms with Crippen molar-refractivity contribution in [1.29, 1.82) is 0 Å². The molecule has 0 saturated carbocycles. The number of H-pyrrole nitrogens is 1. The molecule has 1 amide bonds. The van der Waals surface area contributed by atoms with E-state index in [9.17, 15) is 14.7 Å². The second-order valence-corrected chi connectivity index (χ2v) is 7.15. The molecule has 2 heterocycles. The highest BCUT2D eigenvalue weighted by molar-refractivity contribution is 6.04. The minimum Gasteiger partial charge on any atom is -0.481 e. The van der Waals surface area contributed by atoms with Gasteiger partial charge in [-0.25, -0.2) is 0 Å². The van der Waals surface area contributed by atoms with Crippen LogP contribution in [0, 0.1) is 5.41 Å². The number of benzene rings is 1. The van der Waals surface area contributed by atoms with Crippen molar-refractivity contribution in [2.24, 2.45) is 5.41 Å². The Kier molecular flexibility index (Phi) is 5.21. The SMILES string of the molecule is CN(C(=O)c1ccc(CC(C)(C)C(=O)O)cc1)c1n[nH]c(-c2ccncc2)n1. The van der Waals surface area contributed by atoms with Gasteiger partial charge in [0.25, 0.3) is 11.9 Å². The number of rotatable bonds is 6. The van der Waals surface area contributed by atoms with Crippen molar-refractivity contribution in [3.8, 4) is 11.4 Å². The Labute approximate surface area is 162 Å². The Morgan fingerprint density at radius 2 is 1.75 bits per heavy atom. The minimum absolute atomic E-state index is 0.257. The summed E-state index contributed by atoms with van der Waals surface area (Å²) in [6.45, 7) is 3.34. The fourth-order valence-corrected chi connectivity index (χ4v) is 2.68. The lowest BCUT2D eigenvalue weighted by Gasteiger charge is -2.19. The van der Waals surface area contributed by atoms with Crippen molar-refractivity contribution in [1.82, 2.24) is 20.2 Å². The first-order valence-corrected chi connectivity index (χ1v) is 8.71. The van der Waals surface area contributed by atoms with Gasteiger partial charge in [0.05, 0.1) is 5.41 Å². The maximum atomic E-state index is 12.7. The van der Waals surface area contributed by atoms with Crippen molar-refractivity contribution in [3.63, 3.8) is 0 Å². The first-order valence-electron chi connectivity index (χ1n) is 8.71. The van der Waals surface area contributed by atoms with Crippen molar-refractivity contribution < 1.29 is 14.7 Å². The van der Waals surface area contributed by atoms with Crippen LogP contribution in [0.15, 0.2) is 48.8 Å². The van der Waals surface area contributed by atoms with Crippen LogP contribution in [0.4, 0.5) is 5.95 Å². The van der Waals surface area contributed by atoms with Crippen LogP contribution in [-0.2, 0) is 11.2 Å². The zero-order valence-electron chi connectivity index (χ0n) is 15.9. The summed E-state index contributed by atoms with van der Waals surface area (Å²) in [5, 5.41) is 16.2. The number of carbonyl (C=O) groups excluding carboxylic acids is 1. The molecule has 2 aromatic heterocycles. The van der Waals surface area contributed by atoms with Crippen molar-refractivity contribution in [2.45, 2.75) is 20.3 Å². The van der Waals surface area contributed by atoms with E-state index < -0.39 is 11.4 Å². The molecule has 144 valence electrons. The highest BCUT2D eigenvalue weighted by Crippen LogP contribution is 2.23. The Morgan fingerprint density at radius 1 is 1.11 bits per heavy atom. The summed E-state index contributed by atoms with van der Waals surface area (Å²) in [5.41, 5.74) is 1.27. The summed E-state index contributed by atoms with van der Waals surface area (Å²) in [6.07, 6.45) is 3.68. The number of carboxylic acids is 1. The Balaban J connectivity index is 1.73. The van der Waals surface area contributed by atoms with Crippen LogP contribution in [0.1, 0.15) is 29.8 Å². The molecular formula is C20H21N5O3. The monoisotopic (exact) mass is 379 g/mol. The van der Waals surface area contributed by atoms with Gasteiger partial charge in [0.1, 0.15) is 0 Å². The molecule has 0 aliphatic carbocycles. The van der Waals surface area contributed by atoms with E-state index in [-0.39, 0.29) is 11.9 Å². The summed E-state index contributed by atoms with van der Waals surface area (Å²) < 4.78 is 0. The van der Waals surface area contributed by atoms with E-state index in [1.165, 1.54) is 4.90 Å². The van der Waals surface area contributed by atoms with Gasteiger partial charge in [-0.2, -0.15) is 4.98 Å². The normalized spacial score (nSPS) is 11.2. The molecule has 0 bridgehead atoms. The highest BCUT2D eigenvalue weighted by Gasteiger charge is 2.27. The third kappa shape index (κ3) is 4.06. The molecular weight excluding hydrogens is 358 g/mol. The molecule has 0 atom stereocenters. The number of amides is 1. The van der Waals surface area contributed by atoms with Crippen LogP contribution >= 0.6 is 0 Å². The van der Waals surface area contributed by atoms with Gasteiger partial charge in [-0.1, -0.05) is 12.1 Å². The maximum Gasteiger partial charge on any atom is 0.309 e. The second kappa shape index (κ2) is 7.59. The number of aromatic nitrogens is 4. The van der Waals surface area contributed by atoms with Crippen LogP contribution < -0.4 is 4.90 Å². The molecule has 8 heteroatoms. The van der Waals surface area contributed by atoms with E-state index in [0.29, 0.717) is 17.8 Å². The summed E-state index contributed by atoms with van der Waals surface area (Å²) in [7, 11) is 1.60. The van der Waals surface area contributed by atoms with Crippen LogP contribution in [0.5, 0.6) is 0 Å². The smallest absolute Gasteiger partial charge is 0.309 e. The number of anilines is 1. The molecule has 8 nitrogen and oxygen atoms in total. The quantitative estimate of drug-likeness (QED) is 0.681. The highest BCUT2D eigenvalue weighted by atomic mass is 16.4. The summed E-state index contributed by atoms with van der Waals surface area (Å²) in [6, 6.07) is 10.5. The maximum absolute atomic E-state index is 12.7. The van der Waals surface area contributed by atoms with E-state index in [0.717, 1.165) is 11.1 Å². The van der Waals surface area contributed by atoms with Gasteiger partial charge in [0.15, 0.2) is 5.82 Å². The molecule has 0 aliphatic heterocycles. The lowest BCUT2D eigenvalue weighted by molar-refractivity contribution is -0.146. The fraction of sp³-hybridized carbons (Fsp3) is 0.250. The van der Waals surface area contributed by atoms with Crippen LogP contribution in [0.25, 0.3) is 11.4 Å². The number of carboxylic acid groups (broad SMARTS) is 1. The molecule has 0 unspecified atom stereocenters. The number of nitrogens with zero attached hydrogens (tertiary/aromatic N) is 4. The number of hydrogen-bond donors (Lipinski definition) is 2. The van der Waals surface area contributed by atoms with Crippen LogP contribution in [0.2, 0.25) is 0 Å². The molecule has 3 rings (SSSR count). The first kappa shape index (κ1) is 19.2. The second-order valence-electron chi connectivity index (χ2n) is 7.15. The Morgan fingerprint density at radius 3 is 2.36 bits per heavy atom. The number of aromatic amines is 1. The van der Waals surface area contributed by atoms with Crippen LogP contribution in [-0.4, -0.2) is 44.2 Å². The first-order chi connectivity index (χ1) is 13.3. The van der Waals surface area contributed by atoms with Gasteiger partial charge in [0.2, 0.25) is 0 Å². The molecule has 28 heavy (non-hydrogen) atoms. The lowest BCUT2D eigenvalue weighted by atomic mass is 9.86. The van der Waals surface area contributed by atoms with Gasteiger partial charge in [-0.15, -0.1) is 5.10 Å². The van der Waals surface area contributed by atoms with Gasteiger partial charge in [-0.3, -0.25) is 24.6 Å². The average molecular weight is 379 g/mol. The standard InChI is InChI=1S/C20H21N5O3/c1-20(2,18(27)28)12-13-4-6-15(7-5-13)17(26)25(3)19-22-16(23-24-19)14-8-10-21-11-9-14/h4-11H,12H2,1-3H3,(H,27,28)(H,22,23,24). The van der Waals surface area contributed by atoms with Crippen molar-refractivity contribution >= 4 is 17.8 Å². The summed E-state index contributed by atoms with van der Waals surface area (Å²) in [4.78, 5) is 33.7. The summed E-state index contributed by atoms with van der Waals surface area (Å²) in [5.74, 6) is -0.317. The number of aliphatic carboxylic acids is 1. The van der Waals surface area contributed by atoms with E-state index in [1.54, 1.807) is 69.7 Å². The molecule has 0 saturated heterocycles. The third-order valence-corrected chi connectivity index (χ3v) is 4.46. The molecule has 0 spiro atoms. The minimum atomic E-state index is -0.870. The topological polar surface area (TPSA) is 112 Å². The number of nitrogens with one attached hydrogen (secondary N) is 1. The Bertz CT molecular complexity index is 981. The summed E-state index contributed by atoms with van der Waals surface area (Å²) >= 11 is 0. The molecule has 1 aromatic carbocycles. The number of pyridine rings is 1. The molecule has 3 aromatic rings. The molecule has 2 N–H and O–H groups in total. The van der Waals surface area contributed by atoms with Gasteiger partial charge >= 0.3 is 5.97 Å². The molecule has 0 aliphatic rings. The van der Waals surface area contributed by atoms with E-state index in [4.69, 9.17) is 0 Å². The van der Waals surface area contributed by atoms with Crippen molar-refractivity contribution in [2.75, 3.05) is 11.9 Å². The predicted octanol–water partition coefficient (Wildman–Crippen LogP) is 2.80.